The molecule has 0 aromatic carbocycles. The molecule has 5 aliphatic rings. The average Bonchev–Trinajstić information content (AvgIpc) is 3.09. The van der Waals surface area contributed by atoms with Crippen molar-refractivity contribution in [2.75, 3.05) is 0 Å². The molecule has 2 aliphatic heterocycles. The van der Waals surface area contributed by atoms with Gasteiger partial charge in [-0.05, 0) is 0 Å². The summed E-state index contributed by atoms with van der Waals surface area (Å²) in [6.45, 7) is 2.18. The van der Waals surface area contributed by atoms with E-state index in [4.69, 9.17) is 10.1 Å². The van der Waals surface area contributed by atoms with Gasteiger partial charge in [-0.3, -0.25) is 0 Å². The van der Waals surface area contributed by atoms with E-state index in [9.17, 15) is 0 Å². The van der Waals surface area contributed by atoms with Gasteiger partial charge in [-0.25, -0.2) is 0 Å². The van der Waals surface area contributed by atoms with Crippen LogP contribution in [0.5, 0.6) is 0 Å². The predicted octanol–water partition coefficient (Wildman–Crippen LogP) is 4.12. The summed E-state index contributed by atoms with van der Waals surface area (Å²) in [5, 5.41) is 8.72. The van der Waals surface area contributed by atoms with Gasteiger partial charge in [-0.1, -0.05) is 0 Å². The summed E-state index contributed by atoms with van der Waals surface area (Å²) < 4.78 is 13.7. The second kappa shape index (κ2) is 4.72. The molecule has 2 bridgehead atoms. The van der Waals surface area contributed by atoms with Crippen molar-refractivity contribution in [2.45, 2.75) is 71.0 Å². The first-order valence-corrected chi connectivity index (χ1v) is 13.0. The number of nitrogens with one attached hydrogen (secondary N) is 3. The molecule has 5 rings (SSSR count). The Morgan fingerprint density at radius 1 is 1.27 bits per heavy atom. The topological polar surface area (TPSA) is 77.0 Å². The first kappa shape index (κ1) is 15.1. The molecule has 22 heavy (non-hydrogen) atoms. The van der Waals surface area contributed by atoms with Crippen LogP contribution in [0, 0.1) is 23.2 Å². The zero-order valence-electron chi connectivity index (χ0n) is 13.1. The van der Waals surface area contributed by atoms with Gasteiger partial charge in [-0.2, -0.15) is 0 Å². The molecule has 0 spiro atoms. The molecular weight excluding hydrogens is 504 g/mol. The van der Waals surface area contributed by atoms with Crippen LogP contribution in [-0.4, -0.2) is 18.6 Å². The molecule has 3 N–H and O–H groups in total. The number of hydrogen-bond acceptors (Lipinski definition) is 4. The Balaban J connectivity index is 1.38. The van der Waals surface area contributed by atoms with E-state index in [1.807, 2.05) is 0 Å². The zero-order valence-corrected chi connectivity index (χ0v) is 17.4. The standard InChI is InChI=1S/C16H25I2N3O/c1-14(17,16-18(20-16)21-16)13(19)22-15(6-2-3-7-15)12-9-10-4-5-11(12)8-10/h10-12,19-21H,2-9H2,1H3. The van der Waals surface area contributed by atoms with Crippen LogP contribution in [0.4, 0.5) is 0 Å². The Labute approximate surface area is 154 Å². The molecule has 2 heterocycles. The van der Waals surface area contributed by atoms with E-state index in [-0.39, 0.29) is 12.7 Å². The molecule has 124 valence electrons. The number of ether oxygens (including phenoxy) is 1. The van der Waals surface area contributed by atoms with E-state index in [0.29, 0.717) is 5.90 Å². The third-order valence-corrected chi connectivity index (χ3v) is 14.1. The third-order valence-electron chi connectivity index (χ3n) is 6.90. The van der Waals surface area contributed by atoms with E-state index in [1.54, 1.807) is 0 Å². The maximum absolute atomic E-state index is 8.72. The van der Waals surface area contributed by atoms with Crippen molar-refractivity contribution in [3.63, 3.8) is 0 Å². The minimum absolute atomic E-state index is 0.00279. The number of halogens is 2. The van der Waals surface area contributed by atoms with Crippen LogP contribution < -0.4 is 7.06 Å². The van der Waals surface area contributed by atoms with Gasteiger partial charge in [-0.15, -0.1) is 0 Å². The van der Waals surface area contributed by atoms with Gasteiger partial charge in [0.25, 0.3) is 0 Å². The minimum atomic E-state index is -1.04. The average molecular weight is 529 g/mol. The van der Waals surface area contributed by atoms with E-state index >= 15 is 0 Å². The van der Waals surface area contributed by atoms with Crippen molar-refractivity contribution < 1.29 is 4.74 Å². The number of rotatable bonds is 4. The summed E-state index contributed by atoms with van der Waals surface area (Å²) >= 11 is 1.42. The van der Waals surface area contributed by atoms with E-state index in [0.717, 1.165) is 17.8 Å². The molecule has 3 saturated carbocycles. The Kier molecular flexibility index (Phi) is 3.25. The van der Waals surface area contributed by atoms with Gasteiger partial charge in [0.15, 0.2) is 0 Å². The molecule has 5 fully saturated rings. The Morgan fingerprint density at radius 2 is 1.95 bits per heavy atom. The normalized spacial score (nSPS) is 43.5. The van der Waals surface area contributed by atoms with Crippen molar-refractivity contribution in [3.8, 4) is 0 Å². The van der Waals surface area contributed by atoms with Gasteiger partial charge >= 0.3 is 155 Å². The molecule has 4 unspecified atom stereocenters. The van der Waals surface area contributed by atoms with Gasteiger partial charge < -0.3 is 0 Å². The third kappa shape index (κ3) is 1.95. The molecule has 6 heteroatoms. The Hall–Kier alpha value is 0.850. The Bertz CT molecular complexity index is 525. The Morgan fingerprint density at radius 3 is 2.45 bits per heavy atom. The predicted molar refractivity (Wildman–Crippen MR) is 104 cm³/mol. The first-order chi connectivity index (χ1) is 10.5. The summed E-state index contributed by atoms with van der Waals surface area (Å²) in [4.78, 5) is 0. The van der Waals surface area contributed by atoms with Crippen molar-refractivity contribution in [3.05, 3.63) is 0 Å². The van der Waals surface area contributed by atoms with Gasteiger partial charge in [0.2, 0.25) is 0 Å². The van der Waals surface area contributed by atoms with Crippen LogP contribution >= 0.6 is 43.0 Å². The summed E-state index contributed by atoms with van der Waals surface area (Å²) in [5.41, 5.74) is 0.00279. The second-order valence-electron chi connectivity index (χ2n) is 8.12. The van der Waals surface area contributed by atoms with Crippen molar-refractivity contribution >= 4 is 48.9 Å². The molecule has 0 aromatic heterocycles. The van der Waals surface area contributed by atoms with E-state index in [1.165, 1.54) is 51.4 Å². The van der Waals surface area contributed by atoms with E-state index < -0.39 is 20.4 Å². The fraction of sp³-hybridized carbons (Fsp3) is 0.938. The fourth-order valence-electron chi connectivity index (χ4n) is 5.45. The van der Waals surface area contributed by atoms with Crippen LogP contribution in [0.3, 0.4) is 0 Å². The fourth-order valence-corrected chi connectivity index (χ4v) is 13.2. The van der Waals surface area contributed by atoms with Gasteiger partial charge in [0.05, 0.1) is 0 Å². The monoisotopic (exact) mass is 529 g/mol. The SMILES string of the molecule is CC(I)(C(=N)OC1(C2CC3CCC2C3)CCCC1)C12NI1N2. The molecule has 0 amide bonds. The molecule has 0 radical (unpaired) electrons. The molecular formula is C16H25I2N3O. The maximum atomic E-state index is 8.72. The van der Waals surface area contributed by atoms with Crippen LogP contribution in [0.25, 0.3) is 0 Å². The van der Waals surface area contributed by atoms with Gasteiger partial charge in [0, 0.05) is 0 Å². The number of fused-ring (bicyclic) bond motifs is 3. The van der Waals surface area contributed by atoms with Crippen LogP contribution in [0.2, 0.25) is 0 Å². The quantitative estimate of drug-likeness (QED) is 0.0977. The summed E-state index contributed by atoms with van der Waals surface area (Å²) in [6.07, 6.45) is 10.6. The second-order valence-corrected chi connectivity index (χ2v) is 14.6. The van der Waals surface area contributed by atoms with Crippen molar-refractivity contribution in [2.24, 2.45) is 17.8 Å². The molecule has 4 nitrogen and oxygen atoms in total. The summed E-state index contributed by atoms with van der Waals surface area (Å²) in [6, 6.07) is 0. The van der Waals surface area contributed by atoms with Crippen LogP contribution in [0.1, 0.15) is 58.3 Å². The van der Waals surface area contributed by atoms with Gasteiger partial charge in [0.1, 0.15) is 0 Å². The molecule has 0 aromatic rings. The van der Waals surface area contributed by atoms with Crippen molar-refractivity contribution in [1.29, 1.82) is 5.41 Å². The van der Waals surface area contributed by atoms with Crippen LogP contribution in [0.15, 0.2) is 0 Å². The van der Waals surface area contributed by atoms with E-state index in [2.05, 4.69) is 36.6 Å². The zero-order chi connectivity index (χ0) is 15.2. The molecule has 4 atom stereocenters. The first-order valence-electron chi connectivity index (χ1n) is 8.69. The molecule has 2 saturated heterocycles. The van der Waals surface area contributed by atoms with Crippen LogP contribution in [-0.2, 0) is 4.74 Å². The number of alkyl halides is 2. The summed E-state index contributed by atoms with van der Waals surface area (Å²) in [5.74, 6) is 3.11. The number of hydrogen-bond donors (Lipinski definition) is 3. The molecule has 3 aliphatic carbocycles. The van der Waals surface area contributed by atoms with Crippen molar-refractivity contribution in [1.82, 2.24) is 7.06 Å². The summed E-state index contributed by atoms with van der Waals surface area (Å²) in [7, 11) is 0.